The molecule has 122 valence electrons. The number of nitrogen functional groups attached to an aromatic ring is 1. The van der Waals surface area contributed by atoms with Crippen LogP contribution in [0.25, 0.3) is 20.8 Å². The van der Waals surface area contributed by atoms with Crippen molar-refractivity contribution in [2.24, 2.45) is 5.11 Å². The van der Waals surface area contributed by atoms with E-state index in [4.69, 9.17) is 16.0 Å². The van der Waals surface area contributed by atoms with E-state index in [0.717, 1.165) is 4.57 Å². The summed E-state index contributed by atoms with van der Waals surface area (Å²) >= 11 is 0.699. The van der Waals surface area contributed by atoms with Gasteiger partial charge < -0.3 is 15.6 Å². The van der Waals surface area contributed by atoms with Gasteiger partial charge in [0.2, 0.25) is 5.95 Å². The minimum absolute atomic E-state index is 0.0654. The first-order valence-electron chi connectivity index (χ1n) is 6.71. The number of azide groups is 1. The number of nitrogens with two attached hydrogens (primary N) is 1. The number of rotatable bonds is 3. The van der Waals surface area contributed by atoms with Crippen LogP contribution in [0, 0.1) is 0 Å². The van der Waals surface area contributed by atoms with Crippen LogP contribution in [0.1, 0.15) is 19.6 Å². The minimum atomic E-state index is -0.958. The van der Waals surface area contributed by atoms with E-state index in [-0.39, 0.29) is 22.7 Å². The average Bonchev–Trinajstić information content (AvgIpc) is 3.00. The summed E-state index contributed by atoms with van der Waals surface area (Å²) in [6, 6.07) is -0.711. The molecule has 0 bridgehead atoms. The average molecular weight is 339 g/mol. The first kappa shape index (κ1) is 15.5. The van der Waals surface area contributed by atoms with Crippen LogP contribution in [0.15, 0.2) is 14.7 Å². The van der Waals surface area contributed by atoms with Crippen molar-refractivity contribution in [2.75, 3.05) is 5.73 Å². The second-order valence-corrected chi connectivity index (χ2v) is 6.12. The van der Waals surface area contributed by atoms with Crippen LogP contribution >= 0.6 is 11.3 Å². The molecule has 0 unspecified atom stereocenters. The quantitative estimate of drug-likeness (QED) is 0.405. The van der Waals surface area contributed by atoms with E-state index in [1.807, 2.05) is 0 Å². The van der Waals surface area contributed by atoms with E-state index in [1.165, 1.54) is 6.92 Å². The Morgan fingerprint density at radius 3 is 3.04 bits per heavy atom. The Kier molecular flexibility index (Phi) is 3.82. The molecule has 0 aliphatic carbocycles. The Hall–Kier alpha value is -2.40. The number of hydrogen-bond acceptors (Lipinski definition) is 8. The molecule has 4 atom stereocenters. The molecule has 4 N–H and O–H groups in total. The maximum absolute atomic E-state index is 12.3. The van der Waals surface area contributed by atoms with Crippen LogP contribution in [0.4, 0.5) is 5.95 Å². The summed E-state index contributed by atoms with van der Waals surface area (Å²) in [6.07, 6.45) is -2.12. The highest BCUT2D eigenvalue weighted by molar-refractivity contribution is 7.16. The number of aliphatic hydroxyl groups excluding tert-OH is 1. The molecule has 0 spiro atoms. The van der Waals surface area contributed by atoms with Crippen molar-refractivity contribution in [3.8, 4) is 0 Å². The molecule has 1 fully saturated rings. The Morgan fingerprint density at radius 1 is 1.65 bits per heavy atom. The van der Waals surface area contributed by atoms with Gasteiger partial charge in [0.25, 0.3) is 5.56 Å². The smallest absolute Gasteiger partial charge is 0.311 e. The molecule has 2 aromatic rings. The summed E-state index contributed by atoms with van der Waals surface area (Å²) in [4.78, 5) is 32.7. The highest BCUT2D eigenvalue weighted by Gasteiger charge is 2.40. The molecule has 0 aromatic carbocycles. The number of ether oxygens (including phenoxy) is 1. The normalized spacial score (nSPS) is 25.4. The third-order valence-electron chi connectivity index (χ3n) is 3.60. The molecule has 0 saturated carbocycles. The van der Waals surface area contributed by atoms with Crippen LogP contribution in [0.3, 0.4) is 0 Å². The first-order chi connectivity index (χ1) is 10.9. The van der Waals surface area contributed by atoms with E-state index in [1.54, 1.807) is 0 Å². The number of aliphatic hydroxyl groups is 1. The Morgan fingerprint density at radius 2 is 2.39 bits per heavy atom. The van der Waals surface area contributed by atoms with Crippen LogP contribution in [0.2, 0.25) is 0 Å². The molecule has 1 aliphatic rings. The molecule has 1 aliphatic heterocycles. The van der Waals surface area contributed by atoms with Crippen LogP contribution < -0.4 is 16.2 Å². The molecule has 23 heavy (non-hydrogen) atoms. The standard InChI is InChI=1S/C11H13N7O4S/c1-3(19)5-2-4(16-17-13)9(22-5)18-7-6(23-11(18)21)8(20)15-10(12)14-7/h3-5,9,19H,2H2,1H3,(H3,12,14,15,20)/t3-,4+,5-,9+/m0/s1. The SMILES string of the molecule is C[C@H](O)[C@@H]1C[C@@H](N=[N+]=[N-])[C@H](n2c(=O)sc3c(=O)[nH]c(N)nc32)O1. The summed E-state index contributed by atoms with van der Waals surface area (Å²) in [7, 11) is 0. The summed E-state index contributed by atoms with van der Waals surface area (Å²) in [5.41, 5.74) is 13.8. The van der Waals surface area contributed by atoms with Crippen molar-refractivity contribution in [1.82, 2.24) is 14.5 Å². The van der Waals surface area contributed by atoms with Crippen molar-refractivity contribution in [3.05, 3.63) is 30.5 Å². The Bertz CT molecular complexity index is 909. The van der Waals surface area contributed by atoms with Gasteiger partial charge in [0.15, 0.2) is 5.65 Å². The molecule has 1 saturated heterocycles. The van der Waals surface area contributed by atoms with Crippen molar-refractivity contribution in [3.63, 3.8) is 0 Å². The van der Waals surface area contributed by atoms with Gasteiger partial charge in [-0.3, -0.25) is 19.1 Å². The summed E-state index contributed by atoms with van der Waals surface area (Å²) < 4.78 is 6.91. The van der Waals surface area contributed by atoms with E-state index in [2.05, 4.69) is 20.0 Å². The fraction of sp³-hybridized carbons (Fsp3) is 0.545. The largest absolute Gasteiger partial charge is 0.391 e. The monoisotopic (exact) mass is 339 g/mol. The van der Waals surface area contributed by atoms with Crippen molar-refractivity contribution in [2.45, 2.75) is 37.8 Å². The molecular formula is C11H13N7O4S. The number of nitrogens with zero attached hydrogens (tertiary/aromatic N) is 5. The van der Waals surface area contributed by atoms with Gasteiger partial charge in [0.1, 0.15) is 10.9 Å². The van der Waals surface area contributed by atoms with E-state index in [0.29, 0.717) is 11.3 Å². The fourth-order valence-electron chi connectivity index (χ4n) is 2.56. The lowest BCUT2D eigenvalue weighted by Crippen LogP contribution is -2.27. The maximum atomic E-state index is 12.3. The number of H-pyrrole nitrogens is 1. The predicted octanol–water partition coefficient (Wildman–Crippen LogP) is 0.0757. The number of thiazole rings is 1. The first-order valence-corrected chi connectivity index (χ1v) is 7.52. The third-order valence-corrected chi connectivity index (χ3v) is 4.54. The Labute approximate surface area is 132 Å². The second kappa shape index (κ2) is 5.66. The van der Waals surface area contributed by atoms with Crippen molar-refractivity contribution >= 4 is 27.6 Å². The minimum Gasteiger partial charge on any atom is -0.391 e. The predicted molar refractivity (Wildman–Crippen MR) is 82.1 cm³/mol. The van der Waals surface area contributed by atoms with Gasteiger partial charge in [-0.15, -0.1) is 0 Å². The Balaban J connectivity index is 2.18. The lowest BCUT2D eigenvalue weighted by atomic mass is 10.1. The molecule has 0 radical (unpaired) electrons. The number of aromatic amines is 1. The molecule has 12 heteroatoms. The number of hydrogen-bond donors (Lipinski definition) is 3. The number of aromatic nitrogens is 3. The summed E-state index contributed by atoms with van der Waals surface area (Å²) in [5.74, 6) is -0.139. The fourth-order valence-corrected chi connectivity index (χ4v) is 3.41. The van der Waals surface area contributed by atoms with Crippen molar-refractivity contribution in [1.29, 1.82) is 0 Å². The second-order valence-electron chi connectivity index (χ2n) is 5.16. The number of nitrogens with one attached hydrogen (secondary N) is 1. The van der Waals surface area contributed by atoms with Gasteiger partial charge in [-0.05, 0) is 18.9 Å². The van der Waals surface area contributed by atoms with Crippen LogP contribution in [0.5, 0.6) is 0 Å². The zero-order valence-electron chi connectivity index (χ0n) is 11.9. The van der Waals surface area contributed by atoms with Crippen molar-refractivity contribution < 1.29 is 9.84 Å². The molecule has 2 aromatic heterocycles. The zero-order valence-corrected chi connectivity index (χ0v) is 12.7. The van der Waals surface area contributed by atoms with E-state index < -0.39 is 34.9 Å². The molecule has 11 nitrogen and oxygen atoms in total. The number of anilines is 1. The topological polar surface area (TPSA) is 172 Å². The lowest BCUT2D eigenvalue weighted by molar-refractivity contribution is -0.0542. The summed E-state index contributed by atoms with van der Waals surface area (Å²) in [6.45, 7) is 1.54. The highest BCUT2D eigenvalue weighted by Crippen LogP contribution is 2.34. The van der Waals surface area contributed by atoms with Gasteiger partial charge in [-0.2, -0.15) is 4.98 Å². The third kappa shape index (κ3) is 2.57. The number of fused-ring (bicyclic) bond motifs is 1. The summed E-state index contributed by atoms with van der Waals surface area (Å²) in [5, 5.41) is 13.3. The maximum Gasteiger partial charge on any atom is 0.311 e. The highest BCUT2D eigenvalue weighted by atomic mass is 32.1. The molecule has 3 rings (SSSR count). The zero-order chi connectivity index (χ0) is 16.7. The molecule has 3 heterocycles. The van der Waals surface area contributed by atoms with E-state index >= 15 is 0 Å². The lowest BCUT2D eigenvalue weighted by Gasteiger charge is -2.17. The molecule has 0 amide bonds. The van der Waals surface area contributed by atoms with Crippen LogP contribution in [-0.2, 0) is 4.74 Å². The van der Waals surface area contributed by atoms with Crippen LogP contribution in [-0.4, -0.2) is 37.9 Å². The van der Waals surface area contributed by atoms with Gasteiger partial charge in [-0.25, -0.2) is 0 Å². The molecular weight excluding hydrogens is 326 g/mol. The van der Waals surface area contributed by atoms with Gasteiger partial charge in [-0.1, -0.05) is 16.5 Å². The van der Waals surface area contributed by atoms with Gasteiger partial charge in [0, 0.05) is 4.91 Å². The van der Waals surface area contributed by atoms with E-state index in [9.17, 15) is 14.7 Å². The van der Waals surface area contributed by atoms with Gasteiger partial charge in [0.05, 0.1) is 18.2 Å². The van der Waals surface area contributed by atoms with Gasteiger partial charge >= 0.3 is 4.87 Å².